The van der Waals surface area contributed by atoms with Crippen LogP contribution in [0.15, 0.2) is 0 Å². The first kappa shape index (κ1) is 11.9. The van der Waals surface area contributed by atoms with Crippen LogP contribution in [-0.4, -0.2) is 49.3 Å². The van der Waals surface area contributed by atoms with Crippen molar-refractivity contribution in [1.29, 1.82) is 0 Å². The van der Waals surface area contributed by atoms with Crippen LogP contribution in [0.2, 0.25) is 0 Å². The van der Waals surface area contributed by atoms with E-state index in [0.717, 1.165) is 13.1 Å². The van der Waals surface area contributed by atoms with E-state index in [2.05, 4.69) is 17.3 Å². The van der Waals surface area contributed by atoms with Crippen molar-refractivity contribution in [1.82, 2.24) is 10.2 Å². The van der Waals surface area contributed by atoms with Crippen molar-refractivity contribution in [3.63, 3.8) is 0 Å². The van der Waals surface area contributed by atoms with Gasteiger partial charge in [-0.05, 0) is 38.8 Å². The van der Waals surface area contributed by atoms with Gasteiger partial charge in [0, 0.05) is 31.0 Å². The normalized spacial score (nSPS) is 42.4. The highest BCUT2D eigenvalue weighted by Crippen LogP contribution is 2.46. The molecule has 3 rings (SSSR count). The number of nitrogens with zero attached hydrogens (tertiary/aromatic N) is 1. The predicted molar refractivity (Wildman–Crippen MR) is 68.9 cm³/mol. The molecule has 0 aromatic carbocycles. The summed E-state index contributed by atoms with van der Waals surface area (Å²) in [5.41, 5.74) is 0.226. The van der Waals surface area contributed by atoms with Gasteiger partial charge in [0.15, 0.2) is 0 Å². The molecule has 1 saturated carbocycles. The van der Waals surface area contributed by atoms with Gasteiger partial charge in [0.05, 0.1) is 6.10 Å². The average Bonchev–Trinajstić information content (AvgIpc) is 2.93. The summed E-state index contributed by atoms with van der Waals surface area (Å²) >= 11 is 0. The number of aliphatic hydroxyl groups excluding tert-OH is 1. The van der Waals surface area contributed by atoms with Crippen molar-refractivity contribution >= 4 is 0 Å². The molecule has 1 spiro atoms. The summed E-state index contributed by atoms with van der Waals surface area (Å²) in [5.74, 6) is 1.20. The maximum Gasteiger partial charge on any atom is 0.0651 e. The first-order valence-electron chi connectivity index (χ1n) is 7.29. The minimum atomic E-state index is -0.0530. The van der Waals surface area contributed by atoms with E-state index in [-0.39, 0.29) is 11.5 Å². The van der Waals surface area contributed by atoms with Crippen molar-refractivity contribution in [3.8, 4) is 0 Å². The molecule has 2 heterocycles. The third-order valence-corrected chi connectivity index (χ3v) is 5.52. The second-order valence-electron chi connectivity index (χ2n) is 6.62. The van der Waals surface area contributed by atoms with Gasteiger partial charge in [-0.15, -0.1) is 0 Å². The summed E-state index contributed by atoms with van der Waals surface area (Å²) in [4.78, 5) is 2.41. The summed E-state index contributed by atoms with van der Waals surface area (Å²) in [7, 11) is 2.20. The fourth-order valence-corrected chi connectivity index (χ4v) is 4.45. The number of piperidine rings is 1. The molecule has 3 unspecified atom stereocenters. The number of likely N-dealkylation sites (tertiary alicyclic amines) is 1. The molecular weight excluding hydrogens is 212 g/mol. The van der Waals surface area contributed by atoms with Gasteiger partial charge in [0.2, 0.25) is 0 Å². The molecule has 0 amide bonds. The number of nitrogens with one attached hydrogen (secondary N) is 1. The van der Waals surface area contributed by atoms with Crippen LogP contribution in [-0.2, 0) is 0 Å². The molecule has 3 aliphatic rings. The molecule has 1 aliphatic carbocycles. The predicted octanol–water partition coefficient (Wildman–Crippen LogP) is 1.08. The number of hydrogen-bond acceptors (Lipinski definition) is 3. The van der Waals surface area contributed by atoms with Crippen molar-refractivity contribution in [2.75, 3.05) is 33.2 Å². The molecule has 0 aromatic rings. The smallest absolute Gasteiger partial charge is 0.0651 e. The molecular formula is C14H26N2O. The minimum Gasteiger partial charge on any atom is -0.392 e. The van der Waals surface area contributed by atoms with Crippen molar-refractivity contribution in [3.05, 3.63) is 0 Å². The van der Waals surface area contributed by atoms with Crippen molar-refractivity contribution in [2.24, 2.45) is 17.3 Å². The highest BCUT2D eigenvalue weighted by molar-refractivity contribution is 5.01. The number of rotatable bonds is 1. The second kappa shape index (κ2) is 4.52. The summed E-state index contributed by atoms with van der Waals surface area (Å²) in [5, 5.41) is 14.4. The van der Waals surface area contributed by atoms with Gasteiger partial charge in [-0.25, -0.2) is 0 Å². The van der Waals surface area contributed by atoms with Gasteiger partial charge in [0.1, 0.15) is 0 Å². The third kappa shape index (κ3) is 2.02. The lowest BCUT2D eigenvalue weighted by atomic mass is 9.68. The highest BCUT2D eigenvalue weighted by Gasteiger charge is 2.48. The molecule has 2 N–H and O–H groups in total. The Bertz CT molecular complexity index is 275. The molecule has 2 saturated heterocycles. The maximum absolute atomic E-state index is 10.8. The summed E-state index contributed by atoms with van der Waals surface area (Å²) < 4.78 is 0. The van der Waals surface area contributed by atoms with Crippen LogP contribution in [0.1, 0.15) is 32.1 Å². The van der Waals surface area contributed by atoms with Crippen LogP contribution in [0.4, 0.5) is 0 Å². The average molecular weight is 238 g/mol. The van der Waals surface area contributed by atoms with E-state index in [4.69, 9.17) is 0 Å². The second-order valence-corrected chi connectivity index (χ2v) is 6.62. The van der Waals surface area contributed by atoms with Crippen LogP contribution in [0, 0.1) is 17.3 Å². The van der Waals surface area contributed by atoms with E-state index in [0.29, 0.717) is 11.8 Å². The molecule has 0 bridgehead atoms. The van der Waals surface area contributed by atoms with Gasteiger partial charge in [-0.3, -0.25) is 0 Å². The molecule has 3 atom stereocenters. The van der Waals surface area contributed by atoms with Crippen LogP contribution < -0.4 is 5.32 Å². The molecule has 3 nitrogen and oxygen atoms in total. The lowest BCUT2D eigenvalue weighted by Gasteiger charge is -2.45. The van der Waals surface area contributed by atoms with Crippen LogP contribution in [0.25, 0.3) is 0 Å². The minimum absolute atomic E-state index is 0.0530. The van der Waals surface area contributed by atoms with Gasteiger partial charge in [-0.1, -0.05) is 12.8 Å². The van der Waals surface area contributed by atoms with Crippen LogP contribution in [0.3, 0.4) is 0 Å². The zero-order chi connectivity index (χ0) is 11.9. The number of hydrogen-bond donors (Lipinski definition) is 2. The van der Waals surface area contributed by atoms with Crippen molar-refractivity contribution in [2.45, 2.75) is 38.2 Å². The van der Waals surface area contributed by atoms with E-state index in [9.17, 15) is 5.11 Å². The SMILES string of the molecule is CN1CCC(C2CNCC3(CCCC3)C2O)C1. The lowest BCUT2D eigenvalue weighted by Crippen LogP contribution is -2.56. The summed E-state index contributed by atoms with van der Waals surface area (Å²) in [6, 6.07) is 0. The Kier molecular flexibility index (Phi) is 3.18. The molecule has 3 heteroatoms. The van der Waals surface area contributed by atoms with Crippen molar-refractivity contribution < 1.29 is 5.11 Å². The van der Waals surface area contributed by atoms with Gasteiger partial charge >= 0.3 is 0 Å². The van der Waals surface area contributed by atoms with Gasteiger partial charge in [-0.2, -0.15) is 0 Å². The monoisotopic (exact) mass is 238 g/mol. The van der Waals surface area contributed by atoms with E-state index in [1.54, 1.807) is 0 Å². The lowest BCUT2D eigenvalue weighted by molar-refractivity contribution is -0.0560. The topological polar surface area (TPSA) is 35.5 Å². The van der Waals surface area contributed by atoms with E-state index >= 15 is 0 Å². The Labute approximate surface area is 105 Å². The fraction of sp³-hybridized carbons (Fsp3) is 1.00. The Morgan fingerprint density at radius 3 is 2.71 bits per heavy atom. The molecule has 0 radical (unpaired) electrons. The van der Waals surface area contributed by atoms with Crippen LogP contribution in [0.5, 0.6) is 0 Å². The molecule has 2 aliphatic heterocycles. The first-order chi connectivity index (χ1) is 8.21. The maximum atomic E-state index is 10.8. The fourth-order valence-electron chi connectivity index (χ4n) is 4.45. The zero-order valence-corrected chi connectivity index (χ0v) is 11.0. The van der Waals surface area contributed by atoms with Gasteiger partial charge < -0.3 is 15.3 Å². The Hall–Kier alpha value is -0.120. The summed E-state index contributed by atoms with van der Waals surface area (Å²) in [6.45, 7) is 4.47. The molecule has 17 heavy (non-hydrogen) atoms. The molecule has 0 aromatic heterocycles. The molecule has 3 fully saturated rings. The highest BCUT2D eigenvalue weighted by atomic mass is 16.3. The Balaban J connectivity index is 1.72. The number of aliphatic hydroxyl groups is 1. The zero-order valence-electron chi connectivity index (χ0n) is 11.0. The Morgan fingerprint density at radius 2 is 2.06 bits per heavy atom. The van der Waals surface area contributed by atoms with E-state index in [1.807, 2.05) is 0 Å². The van der Waals surface area contributed by atoms with E-state index < -0.39 is 0 Å². The standard InChI is InChI=1S/C14H26N2O/c1-16-7-4-11(9-16)12-8-15-10-14(13(12)17)5-2-3-6-14/h11-13,15,17H,2-10H2,1H3. The Morgan fingerprint density at radius 1 is 1.29 bits per heavy atom. The van der Waals surface area contributed by atoms with Crippen LogP contribution >= 0.6 is 0 Å². The summed E-state index contributed by atoms with van der Waals surface area (Å²) in [6.07, 6.45) is 6.32. The van der Waals surface area contributed by atoms with E-state index in [1.165, 1.54) is 45.2 Å². The third-order valence-electron chi connectivity index (χ3n) is 5.52. The largest absolute Gasteiger partial charge is 0.392 e. The quantitative estimate of drug-likeness (QED) is 0.717. The van der Waals surface area contributed by atoms with Gasteiger partial charge in [0.25, 0.3) is 0 Å². The first-order valence-corrected chi connectivity index (χ1v) is 7.29. The molecule has 98 valence electrons.